The average molecular weight is 383 g/mol. The number of ether oxygens (including phenoxy) is 2. The van der Waals surface area contributed by atoms with Gasteiger partial charge in [0.15, 0.2) is 0 Å². The van der Waals surface area contributed by atoms with E-state index in [9.17, 15) is 4.79 Å². The second kappa shape index (κ2) is 9.55. The van der Waals surface area contributed by atoms with Gasteiger partial charge in [0.25, 0.3) is 0 Å². The first-order chi connectivity index (χ1) is 13.5. The van der Waals surface area contributed by atoms with E-state index in [0.717, 1.165) is 30.2 Å². The Balaban J connectivity index is 1.42. The van der Waals surface area contributed by atoms with E-state index in [2.05, 4.69) is 29.0 Å². The van der Waals surface area contributed by atoms with Gasteiger partial charge in [-0.05, 0) is 51.0 Å². The topological polar surface area (TPSA) is 63.7 Å². The van der Waals surface area contributed by atoms with Crippen molar-refractivity contribution in [1.82, 2.24) is 4.98 Å². The molecule has 150 valence electrons. The fourth-order valence-electron chi connectivity index (χ4n) is 3.37. The number of pyridine rings is 1. The maximum absolute atomic E-state index is 12.1. The quantitative estimate of drug-likeness (QED) is 0.737. The van der Waals surface area contributed by atoms with Gasteiger partial charge in [-0.15, -0.1) is 0 Å². The Kier molecular flexibility index (Phi) is 6.87. The number of benzene rings is 1. The van der Waals surface area contributed by atoms with Crippen molar-refractivity contribution in [2.75, 3.05) is 29.9 Å². The SMILES string of the molecule is Cc1ccccc1OCCCC(=O)Nc1ccc(N2CC(C)OC(C)C2)nc1. The van der Waals surface area contributed by atoms with E-state index in [1.54, 1.807) is 6.20 Å². The van der Waals surface area contributed by atoms with Gasteiger partial charge < -0.3 is 19.7 Å². The molecule has 0 bridgehead atoms. The van der Waals surface area contributed by atoms with Gasteiger partial charge >= 0.3 is 0 Å². The largest absolute Gasteiger partial charge is 0.493 e. The molecule has 0 saturated carbocycles. The molecule has 3 rings (SSSR count). The van der Waals surface area contributed by atoms with Gasteiger partial charge in [-0.25, -0.2) is 4.98 Å². The highest BCUT2D eigenvalue weighted by atomic mass is 16.5. The van der Waals surface area contributed by atoms with Gasteiger partial charge in [0.2, 0.25) is 5.91 Å². The molecule has 1 N–H and O–H groups in total. The summed E-state index contributed by atoms with van der Waals surface area (Å²) < 4.78 is 11.5. The number of amides is 1. The second-order valence-corrected chi connectivity index (χ2v) is 7.33. The number of rotatable bonds is 7. The van der Waals surface area contributed by atoms with Crippen LogP contribution in [0, 0.1) is 6.92 Å². The molecule has 6 nitrogen and oxygen atoms in total. The Morgan fingerprint density at radius 1 is 1.21 bits per heavy atom. The Hall–Kier alpha value is -2.60. The van der Waals surface area contributed by atoms with Crippen LogP contribution in [0.5, 0.6) is 5.75 Å². The summed E-state index contributed by atoms with van der Waals surface area (Å²) in [6, 6.07) is 11.7. The maximum atomic E-state index is 12.1. The molecule has 1 aliphatic heterocycles. The lowest BCUT2D eigenvalue weighted by atomic mass is 10.2. The van der Waals surface area contributed by atoms with E-state index in [-0.39, 0.29) is 18.1 Å². The number of hydrogen-bond donors (Lipinski definition) is 1. The molecular weight excluding hydrogens is 354 g/mol. The summed E-state index contributed by atoms with van der Waals surface area (Å²) in [6.45, 7) is 8.31. The summed E-state index contributed by atoms with van der Waals surface area (Å²) in [4.78, 5) is 18.9. The summed E-state index contributed by atoms with van der Waals surface area (Å²) in [7, 11) is 0. The molecule has 1 aliphatic rings. The molecule has 1 fully saturated rings. The Labute approximate surface area is 166 Å². The van der Waals surface area contributed by atoms with E-state index in [0.29, 0.717) is 25.1 Å². The first kappa shape index (κ1) is 20.1. The first-order valence-corrected chi connectivity index (χ1v) is 9.86. The van der Waals surface area contributed by atoms with Crippen LogP contribution in [0.1, 0.15) is 32.3 Å². The number of hydrogen-bond acceptors (Lipinski definition) is 5. The summed E-state index contributed by atoms with van der Waals surface area (Å²) in [5.74, 6) is 1.75. The molecular formula is C22H29N3O3. The average Bonchev–Trinajstić information content (AvgIpc) is 2.66. The van der Waals surface area contributed by atoms with Crippen LogP contribution in [0.3, 0.4) is 0 Å². The van der Waals surface area contributed by atoms with Gasteiger partial charge in [-0.1, -0.05) is 18.2 Å². The number of nitrogens with zero attached hydrogens (tertiary/aromatic N) is 2. The third-order valence-electron chi connectivity index (χ3n) is 4.67. The molecule has 0 radical (unpaired) electrons. The zero-order valence-corrected chi connectivity index (χ0v) is 16.9. The van der Waals surface area contributed by atoms with Crippen molar-refractivity contribution in [2.24, 2.45) is 0 Å². The molecule has 6 heteroatoms. The second-order valence-electron chi connectivity index (χ2n) is 7.33. The molecule has 2 heterocycles. The highest BCUT2D eigenvalue weighted by Gasteiger charge is 2.23. The molecule has 0 aliphatic carbocycles. The van der Waals surface area contributed by atoms with Gasteiger partial charge in [0.05, 0.1) is 30.7 Å². The van der Waals surface area contributed by atoms with Crippen molar-refractivity contribution in [1.29, 1.82) is 0 Å². The fraction of sp³-hybridized carbons (Fsp3) is 0.455. The predicted molar refractivity (Wildman–Crippen MR) is 111 cm³/mol. The summed E-state index contributed by atoms with van der Waals surface area (Å²) in [6.07, 6.45) is 3.15. The molecule has 1 aromatic carbocycles. The van der Waals surface area contributed by atoms with Crippen molar-refractivity contribution < 1.29 is 14.3 Å². The Bertz CT molecular complexity index is 769. The standard InChI is InChI=1S/C22H29N3O3/c1-16-7-4-5-8-20(16)27-12-6-9-22(26)24-19-10-11-21(23-13-19)25-14-17(2)28-18(3)15-25/h4-5,7-8,10-11,13,17-18H,6,9,12,14-15H2,1-3H3,(H,24,26). The van der Waals surface area contributed by atoms with Crippen molar-refractivity contribution in [3.8, 4) is 5.75 Å². The zero-order chi connectivity index (χ0) is 19.9. The smallest absolute Gasteiger partial charge is 0.224 e. The third-order valence-corrected chi connectivity index (χ3v) is 4.67. The molecule has 28 heavy (non-hydrogen) atoms. The molecule has 1 saturated heterocycles. The van der Waals surface area contributed by atoms with Crippen LogP contribution in [0.4, 0.5) is 11.5 Å². The van der Waals surface area contributed by atoms with Crippen LogP contribution >= 0.6 is 0 Å². The summed E-state index contributed by atoms with van der Waals surface area (Å²) in [5, 5.41) is 2.90. The van der Waals surface area contributed by atoms with Crippen LogP contribution in [0.15, 0.2) is 42.6 Å². The molecule has 2 unspecified atom stereocenters. The van der Waals surface area contributed by atoms with Gasteiger partial charge in [0.1, 0.15) is 11.6 Å². The Morgan fingerprint density at radius 2 is 1.96 bits per heavy atom. The summed E-state index contributed by atoms with van der Waals surface area (Å²) in [5.41, 5.74) is 1.81. The number of para-hydroxylation sites is 1. The first-order valence-electron chi connectivity index (χ1n) is 9.86. The molecule has 2 atom stereocenters. The lowest BCUT2D eigenvalue weighted by Gasteiger charge is -2.36. The van der Waals surface area contributed by atoms with E-state index in [1.165, 1.54) is 0 Å². The number of aryl methyl sites for hydroxylation is 1. The minimum Gasteiger partial charge on any atom is -0.493 e. The monoisotopic (exact) mass is 383 g/mol. The van der Waals surface area contributed by atoms with Crippen LogP contribution < -0.4 is 15.0 Å². The molecule has 2 aromatic rings. The van der Waals surface area contributed by atoms with Crippen LogP contribution in [0.2, 0.25) is 0 Å². The van der Waals surface area contributed by atoms with E-state index >= 15 is 0 Å². The van der Waals surface area contributed by atoms with Crippen molar-refractivity contribution >= 4 is 17.4 Å². The van der Waals surface area contributed by atoms with Gasteiger partial charge in [0, 0.05) is 19.5 Å². The number of morpholine rings is 1. The predicted octanol–water partition coefficient (Wildman–Crippen LogP) is 3.80. The van der Waals surface area contributed by atoms with Crippen LogP contribution in [0.25, 0.3) is 0 Å². The van der Waals surface area contributed by atoms with Crippen molar-refractivity contribution in [3.05, 3.63) is 48.2 Å². The Morgan fingerprint density at radius 3 is 2.64 bits per heavy atom. The van der Waals surface area contributed by atoms with Crippen molar-refractivity contribution in [3.63, 3.8) is 0 Å². The van der Waals surface area contributed by atoms with E-state index in [4.69, 9.17) is 9.47 Å². The number of carbonyl (C=O) groups excluding carboxylic acids is 1. The van der Waals surface area contributed by atoms with E-state index in [1.807, 2.05) is 43.3 Å². The minimum absolute atomic E-state index is 0.0310. The van der Waals surface area contributed by atoms with Crippen molar-refractivity contribution in [2.45, 2.75) is 45.8 Å². The number of carbonyl (C=O) groups is 1. The number of aromatic nitrogens is 1. The van der Waals surface area contributed by atoms with E-state index < -0.39 is 0 Å². The van der Waals surface area contributed by atoms with Gasteiger partial charge in [-0.3, -0.25) is 4.79 Å². The summed E-state index contributed by atoms with van der Waals surface area (Å²) >= 11 is 0. The molecule has 1 amide bonds. The third kappa shape index (κ3) is 5.70. The maximum Gasteiger partial charge on any atom is 0.224 e. The van der Waals surface area contributed by atoms with Crippen LogP contribution in [-0.2, 0) is 9.53 Å². The number of nitrogens with one attached hydrogen (secondary N) is 1. The number of anilines is 2. The lowest BCUT2D eigenvalue weighted by Crippen LogP contribution is -2.45. The lowest BCUT2D eigenvalue weighted by molar-refractivity contribution is -0.116. The minimum atomic E-state index is -0.0310. The molecule has 0 spiro atoms. The normalized spacial score (nSPS) is 19.3. The highest BCUT2D eigenvalue weighted by molar-refractivity contribution is 5.90. The highest BCUT2D eigenvalue weighted by Crippen LogP contribution is 2.20. The van der Waals surface area contributed by atoms with Crippen LogP contribution in [-0.4, -0.2) is 42.8 Å². The fourth-order valence-corrected chi connectivity index (χ4v) is 3.37. The van der Waals surface area contributed by atoms with Gasteiger partial charge in [-0.2, -0.15) is 0 Å². The zero-order valence-electron chi connectivity index (χ0n) is 16.9. The molecule has 1 aromatic heterocycles.